The zero-order valence-electron chi connectivity index (χ0n) is 14.4. The highest BCUT2D eigenvalue weighted by Crippen LogP contribution is 2.21. The minimum atomic E-state index is -0.178. The fraction of sp³-hybridized carbons (Fsp3) is 0.238. The Morgan fingerprint density at radius 3 is 2.81 bits per heavy atom. The van der Waals surface area contributed by atoms with Crippen LogP contribution >= 0.6 is 0 Å². The van der Waals surface area contributed by atoms with Crippen LogP contribution in [0.1, 0.15) is 23.2 Å². The first kappa shape index (κ1) is 16.5. The number of nitrogens with one attached hydrogen (secondary N) is 1. The quantitative estimate of drug-likeness (QED) is 0.756. The zero-order chi connectivity index (χ0) is 17.8. The van der Waals surface area contributed by atoms with Crippen LogP contribution < -0.4 is 10.1 Å². The summed E-state index contributed by atoms with van der Waals surface area (Å²) >= 11 is 0. The van der Waals surface area contributed by atoms with Crippen LogP contribution in [0.4, 0.5) is 5.69 Å². The second kappa shape index (κ2) is 7.54. The van der Waals surface area contributed by atoms with E-state index in [1.54, 1.807) is 12.3 Å². The average molecular weight is 348 g/mol. The highest BCUT2D eigenvalue weighted by Gasteiger charge is 2.16. The lowest BCUT2D eigenvalue weighted by atomic mass is 10.1. The summed E-state index contributed by atoms with van der Waals surface area (Å²) < 4.78 is 11.3. The molecule has 1 N–H and O–H groups in total. The van der Waals surface area contributed by atoms with Crippen molar-refractivity contribution in [2.75, 3.05) is 18.5 Å². The number of carbonyl (C=O) groups excluding carboxylic acids is 1. The standard InChI is InChI=1S/C21H20N2O3/c24-21(19-7-1-4-15-5-2-12-22-20(15)19)23-16-8-10-17(11-9-16)26-14-18-6-3-13-25-18/h1-2,4-5,7-12,18H,3,6,13-14H2,(H,23,24)/t18-/m1/s1. The first-order chi connectivity index (χ1) is 12.8. The molecule has 1 fully saturated rings. The molecule has 1 aromatic heterocycles. The molecule has 0 unspecified atom stereocenters. The van der Waals surface area contributed by atoms with E-state index in [2.05, 4.69) is 10.3 Å². The van der Waals surface area contributed by atoms with Gasteiger partial charge in [0.25, 0.3) is 5.91 Å². The fourth-order valence-corrected chi connectivity index (χ4v) is 3.09. The van der Waals surface area contributed by atoms with Gasteiger partial charge in [-0.3, -0.25) is 9.78 Å². The van der Waals surface area contributed by atoms with Crippen molar-refractivity contribution in [1.82, 2.24) is 4.98 Å². The second-order valence-electron chi connectivity index (χ2n) is 6.31. The second-order valence-corrected chi connectivity index (χ2v) is 6.31. The third-order valence-electron chi connectivity index (χ3n) is 4.45. The Morgan fingerprint density at radius 1 is 1.15 bits per heavy atom. The molecule has 5 heteroatoms. The lowest BCUT2D eigenvalue weighted by Crippen LogP contribution is -2.16. The molecule has 2 heterocycles. The van der Waals surface area contributed by atoms with Crippen LogP contribution in [-0.2, 0) is 4.74 Å². The molecule has 3 aromatic rings. The molecule has 132 valence electrons. The number of carbonyl (C=O) groups is 1. The molecule has 4 rings (SSSR count). The van der Waals surface area contributed by atoms with Crippen LogP contribution in [0.2, 0.25) is 0 Å². The van der Waals surface area contributed by atoms with Crippen molar-refractivity contribution in [1.29, 1.82) is 0 Å². The van der Waals surface area contributed by atoms with Crippen molar-refractivity contribution in [2.45, 2.75) is 18.9 Å². The number of ether oxygens (including phenoxy) is 2. The number of rotatable bonds is 5. The van der Waals surface area contributed by atoms with Gasteiger partial charge < -0.3 is 14.8 Å². The Kier molecular flexibility index (Phi) is 4.80. The van der Waals surface area contributed by atoms with Crippen molar-refractivity contribution in [3.63, 3.8) is 0 Å². The van der Waals surface area contributed by atoms with Crippen LogP contribution in [0.3, 0.4) is 0 Å². The number of pyridine rings is 1. The van der Waals surface area contributed by atoms with Crippen molar-refractivity contribution in [2.24, 2.45) is 0 Å². The van der Waals surface area contributed by atoms with Gasteiger partial charge in [0.2, 0.25) is 0 Å². The SMILES string of the molecule is O=C(Nc1ccc(OC[C@H]2CCCO2)cc1)c1cccc2cccnc12. The van der Waals surface area contributed by atoms with Crippen molar-refractivity contribution in [3.8, 4) is 5.75 Å². The van der Waals surface area contributed by atoms with E-state index in [1.165, 1.54) is 0 Å². The third kappa shape index (κ3) is 3.68. The van der Waals surface area contributed by atoms with E-state index in [9.17, 15) is 4.79 Å². The summed E-state index contributed by atoms with van der Waals surface area (Å²) in [6.07, 6.45) is 4.03. The van der Waals surface area contributed by atoms with E-state index in [-0.39, 0.29) is 12.0 Å². The number of hydrogen-bond donors (Lipinski definition) is 1. The van der Waals surface area contributed by atoms with Gasteiger partial charge in [-0.1, -0.05) is 18.2 Å². The number of benzene rings is 2. The van der Waals surface area contributed by atoms with Gasteiger partial charge in [0.1, 0.15) is 12.4 Å². The molecule has 0 aliphatic carbocycles. The monoisotopic (exact) mass is 348 g/mol. The number of fused-ring (bicyclic) bond motifs is 1. The number of anilines is 1. The summed E-state index contributed by atoms with van der Waals surface area (Å²) in [5.74, 6) is 0.590. The van der Waals surface area contributed by atoms with Crippen molar-refractivity contribution < 1.29 is 14.3 Å². The van der Waals surface area contributed by atoms with Crippen molar-refractivity contribution >= 4 is 22.5 Å². The predicted molar refractivity (Wildman–Crippen MR) is 101 cm³/mol. The first-order valence-corrected chi connectivity index (χ1v) is 8.79. The van der Waals surface area contributed by atoms with Crippen LogP contribution in [-0.4, -0.2) is 30.2 Å². The van der Waals surface area contributed by atoms with Gasteiger partial charge in [-0.2, -0.15) is 0 Å². The van der Waals surface area contributed by atoms with E-state index in [0.717, 1.165) is 30.6 Å². The maximum absolute atomic E-state index is 12.6. The van der Waals surface area contributed by atoms with E-state index < -0.39 is 0 Å². The number of amides is 1. The van der Waals surface area contributed by atoms with Crippen LogP contribution in [0.15, 0.2) is 60.8 Å². The molecule has 26 heavy (non-hydrogen) atoms. The lowest BCUT2D eigenvalue weighted by Gasteiger charge is -2.12. The van der Waals surface area contributed by atoms with Crippen LogP contribution in [0.5, 0.6) is 5.75 Å². The molecule has 5 nitrogen and oxygen atoms in total. The van der Waals surface area contributed by atoms with E-state index in [4.69, 9.17) is 9.47 Å². The predicted octanol–water partition coefficient (Wildman–Crippen LogP) is 4.04. The topological polar surface area (TPSA) is 60.5 Å². The molecule has 1 aliphatic rings. The highest BCUT2D eigenvalue weighted by molar-refractivity contribution is 6.11. The number of para-hydroxylation sites is 1. The molecule has 1 aliphatic heterocycles. The molecule has 0 spiro atoms. The van der Waals surface area contributed by atoms with Crippen LogP contribution in [0.25, 0.3) is 10.9 Å². The van der Waals surface area contributed by atoms with Gasteiger partial charge in [-0.25, -0.2) is 0 Å². The molecule has 0 bridgehead atoms. The van der Waals surface area contributed by atoms with Gasteiger partial charge in [-0.15, -0.1) is 0 Å². The maximum atomic E-state index is 12.6. The van der Waals surface area contributed by atoms with Gasteiger partial charge in [-0.05, 0) is 49.2 Å². The summed E-state index contributed by atoms with van der Waals surface area (Å²) in [5.41, 5.74) is 1.97. The minimum Gasteiger partial charge on any atom is -0.491 e. The van der Waals surface area contributed by atoms with E-state index in [1.807, 2.05) is 48.5 Å². The Morgan fingerprint density at radius 2 is 2.00 bits per heavy atom. The molecule has 1 saturated heterocycles. The highest BCUT2D eigenvalue weighted by atomic mass is 16.5. The minimum absolute atomic E-state index is 0.178. The summed E-state index contributed by atoms with van der Waals surface area (Å²) in [5, 5.41) is 3.86. The van der Waals surface area contributed by atoms with Gasteiger partial charge >= 0.3 is 0 Å². The molecular weight excluding hydrogens is 328 g/mol. The summed E-state index contributed by atoms with van der Waals surface area (Å²) in [4.78, 5) is 16.9. The normalized spacial score (nSPS) is 16.5. The molecular formula is C21H20N2O3. The maximum Gasteiger partial charge on any atom is 0.257 e. The van der Waals surface area contributed by atoms with Crippen molar-refractivity contribution in [3.05, 3.63) is 66.4 Å². The molecule has 2 aromatic carbocycles. The fourth-order valence-electron chi connectivity index (χ4n) is 3.09. The Balaban J connectivity index is 1.42. The number of nitrogens with zero attached hydrogens (tertiary/aromatic N) is 1. The Hall–Kier alpha value is -2.92. The third-order valence-corrected chi connectivity index (χ3v) is 4.45. The average Bonchev–Trinajstić information content (AvgIpc) is 3.20. The molecule has 1 atom stereocenters. The summed E-state index contributed by atoms with van der Waals surface area (Å²) in [6.45, 7) is 1.38. The zero-order valence-corrected chi connectivity index (χ0v) is 14.4. The lowest BCUT2D eigenvalue weighted by molar-refractivity contribution is 0.0679. The number of hydrogen-bond acceptors (Lipinski definition) is 4. The summed E-state index contributed by atoms with van der Waals surface area (Å²) in [7, 11) is 0. The van der Waals surface area contributed by atoms with Crippen LogP contribution in [0, 0.1) is 0 Å². The van der Waals surface area contributed by atoms with E-state index in [0.29, 0.717) is 23.4 Å². The van der Waals surface area contributed by atoms with Gasteiger partial charge in [0.05, 0.1) is 17.2 Å². The Bertz CT molecular complexity index is 897. The van der Waals surface area contributed by atoms with E-state index >= 15 is 0 Å². The summed E-state index contributed by atoms with van der Waals surface area (Å²) in [6, 6.07) is 16.8. The number of aromatic nitrogens is 1. The molecule has 1 amide bonds. The van der Waals surface area contributed by atoms with Gasteiger partial charge in [0.15, 0.2) is 0 Å². The molecule has 0 saturated carbocycles. The Labute approximate surface area is 152 Å². The van der Waals surface area contributed by atoms with Gasteiger partial charge in [0, 0.05) is 23.9 Å². The molecule has 0 radical (unpaired) electrons. The first-order valence-electron chi connectivity index (χ1n) is 8.79. The largest absolute Gasteiger partial charge is 0.491 e. The smallest absolute Gasteiger partial charge is 0.257 e.